The van der Waals surface area contributed by atoms with Crippen LogP contribution in [0.25, 0.3) is 22.2 Å². The highest BCUT2D eigenvalue weighted by Gasteiger charge is 2.25. The molecule has 0 radical (unpaired) electrons. The number of fused-ring (bicyclic) bond motifs is 2. The first-order valence-electron chi connectivity index (χ1n) is 15.8. The molecule has 0 atom stereocenters. The van der Waals surface area contributed by atoms with Crippen molar-refractivity contribution in [1.82, 2.24) is 24.2 Å². The average Bonchev–Trinajstić information content (AvgIpc) is 3.57. The van der Waals surface area contributed by atoms with Gasteiger partial charge in [-0.1, -0.05) is 26.8 Å². The third-order valence-corrected chi connectivity index (χ3v) is 8.78. The number of aromatic nitrogens is 4. The number of anilines is 2. The summed E-state index contributed by atoms with van der Waals surface area (Å²) in [4.78, 5) is 34.9. The van der Waals surface area contributed by atoms with Crippen LogP contribution in [0.15, 0.2) is 84.2 Å². The van der Waals surface area contributed by atoms with Crippen LogP contribution in [0.4, 0.5) is 15.8 Å². The lowest BCUT2D eigenvalue weighted by molar-refractivity contribution is 0.0303. The van der Waals surface area contributed by atoms with Gasteiger partial charge in [-0.2, -0.15) is 9.78 Å². The Hall–Kier alpha value is -5.33. The Kier molecular flexibility index (Phi) is 8.06. The summed E-state index contributed by atoms with van der Waals surface area (Å²) in [6.07, 6.45) is 6.94. The third-order valence-electron chi connectivity index (χ3n) is 8.78. The lowest BCUT2D eigenvalue weighted by Gasteiger charge is -2.30. The van der Waals surface area contributed by atoms with Crippen molar-refractivity contribution in [1.29, 1.82) is 0 Å². The number of carbonyl (C=O) groups excluding carboxylic acids is 1. The number of amides is 1. The molecule has 0 saturated carbocycles. The van der Waals surface area contributed by atoms with Gasteiger partial charge in [-0.3, -0.25) is 9.59 Å². The Bertz CT molecular complexity index is 2110. The van der Waals surface area contributed by atoms with E-state index in [9.17, 15) is 14.7 Å². The minimum Gasteiger partial charge on any atom is -0.392 e. The first-order chi connectivity index (χ1) is 23.1. The molecule has 0 bridgehead atoms. The summed E-state index contributed by atoms with van der Waals surface area (Å²) in [7, 11) is 0. The fraction of sp³-hybridized carbons (Fsp3) is 0.278. The van der Waals surface area contributed by atoms with E-state index in [0.29, 0.717) is 72.4 Å². The molecule has 12 heteroatoms. The van der Waals surface area contributed by atoms with Crippen molar-refractivity contribution < 1.29 is 19.0 Å². The molecule has 4 heterocycles. The number of ether oxygens (including phenoxy) is 1. The summed E-state index contributed by atoms with van der Waals surface area (Å²) < 4.78 is 23.9. The predicted octanol–water partition coefficient (Wildman–Crippen LogP) is 4.87. The molecule has 5 aromatic rings. The van der Waals surface area contributed by atoms with Crippen LogP contribution < -0.4 is 15.8 Å². The highest BCUT2D eigenvalue weighted by atomic mass is 19.1. The number of aliphatic hydroxyl groups excluding tert-OH is 1. The molecule has 2 N–H and O–H groups in total. The zero-order valence-corrected chi connectivity index (χ0v) is 27.0. The Morgan fingerprint density at radius 2 is 1.81 bits per heavy atom. The molecule has 246 valence electrons. The van der Waals surface area contributed by atoms with Crippen LogP contribution in [0.3, 0.4) is 0 Å². The third kappa shape index (κ3) is 5.73. The number of carbonyl (C=O) groups is 1. The standard InChI is InChI=1S/C36H36FN7O4/c1-36(2,3)25-17-24-19-39-44(35(47)32(24)28(37)18-25)31-6-4-5-30(27(31)21-45)43-20-29(33-38-11-12-42(33)22-43)40-26-9-7-23(8-10-26)34(46)41-13-15-48-16-14-41/h4-12,17-20,40,45H,13-16,21-22H2,1-3H3. The van der Waals surface area contributed by atoms with Gasteiger partial charge in [0.25, 0.3) is 11.5 Å². The smallest absolute Gasteiger partial charge is 0.282 e. The molecule has 0 spiro atoms. The number of aliphatic hydroxyl groups is 1. The van der Waals surface area contributed by atoms with Gasteiger partial charge in [-0.05, 0) is 59.5 Å². The maximum Gasteiger partial charge on any atom is 0.282 e. The molecule has 0 unspecified atom stereocenters. The lowest BCUT2D eigenvalue weighted by atomic mass is 9.86. The van der Waals surface area contributed by atoms with Gasteiger partial charge in [-0.15, -0.1) is 0 Å². The topological polar surface area (TPSA) is 118 Å². The van der Waals surface area contributed by atoms with Crippen molar-refractivity contribution in [2.45, 2.75) is 39.5 Å². The highest BCUT2D eigenvalue weighted by Crippen LogP contribution is 2.32. The van der Waals surface area contributed by atoms with Gasteiger partial charge in [0.05, 0.1) is 42.8 Å². The van der Waals surface area contributed by atoms with Crippen molar-refractivity contribution in [3.05, 3.63) is 118 Å². The Balaban J connectivity index is 1.22. The fourth-order valence-electron chi connectivity index (χ4n) is 6.15. The second-order valence-electron chi connectivity index (χ2n) is 12.9. The van der Waals surface area contributed by atoms with E-state index in [0.717, 1.165) is 15.9 Å². The summed E-state index contributed by atoms with van der Waals surface area (Å²) in [5.41, 5.74) is 3.32. The molecule has 1 fully saturated rings. The van der Waals surface area contributed by atoms with E-state index in [1.54, 1.807) is 41.4 Å². The fourth-order valence-corrected chi connectivity index (χ4v) is 6.15. The van der Waals surface area contributed by atoms with Gasteiger partial charge >= 0.3 is 0 Å². The quantitative estimate of drug-likeness (QED) is 0.268. The second-order valence-corrected chi connectivity index (χ2v) is 12.9. The average molecular weight is 650 g/mol. The maximum atomic E-state index is 15.4. The van der Waals surface area contributed by atoms with E-state index in [1.165, 1.54) is 12.3 Å². The van der Waals surface area contributed by atoms with Gasteiger partial charge in [0.1, 0.15) is 12.5 Å². The largest absolute Gasteiger partial charge is 0.392 e. The van der Waals surface area contributed by atoms with Crippen molar-refractivity contribution in [2.24, 2.45) is 0 Å². The molecule has 2 aliphatic heterocycles. The van der Waals surface area contributed by atoms with Crippen molar-refractivity contribution in [3.63, 3.8) is 0 Å². The minimum atomic E-state index is -0.610. The Morgan fingerprint density at radius 3 is 2.54 bits per heavy atom. The molecule has 2 aliphatic rings. The van der Waals surface area contributed by atoms with Crippen molar-refractivity contribution in [2.75, 3.05) is 36.5 Å². The lowest BCUT2D eigenvalue weighted by Crippen LogP contribution is -2.40. The van der Waals surface area contributed by atoms with Crippen molar-refractivity contribution >= 4 is 33.8 Å². The van der Waals surface area contributed by atoms with E-state index in [2.05, 4.69) is 15.4 Å². The van der Waals surface area contributed by atoms with Crippen LogP contribution in [0.2, 0.25) is 0 Å². The van der Waals surface area contributed by atoms with Crippen molar-refractivity contribution in [3.8, 4) is 5.69 Å². The summed E-state index contributed by atoms with van der Waals surface area (Å²) in [6.45, 7) is 8.15. The SMILES string of the molecule is CC(C)(C)c1cc(F)c2c(=O)n(-c3cccc(N4C=C(Nc5ccc(C(=O)N6CCOCC6)cc5)c5nccn5C4)c3CO)ncc2c1. The molecule has 7 rings (SSSR count). The second kappa shape index (κ2) is 12.4. The maximum absolute atomic E-state index is 15.4. The molecule has 11 nitrogen and oxygen atoms in total. The predicted molar refractivity (Wildman–Crippen MR) is 181 cm³/mol. The van der Waals surface area contributed by atoms with Gasteiger partial charge in [-0.25, -0.2) is 9.37 Å². The van der Waals surface area contributed by atoms with Gasteiger partial charge in [0.2, 0.25) is 0 Å². The summed E-state index contributed by atoms with van der Waals surface area (Å²) >= 11 is 0. The number of nitrogens with one attached hydrogen (secondary N) is 1. The number of nitrogens with zero attached hydrogens (tertiary/aromatic N) is 6. The van der Waals surface area contributed by atoms with Crippen LogP contribution in [0.1, 0.15) is 48.1 Å². The zero-order chi connectivity index (χ0) is 33.6. The van der Waals surface area contributed by atoms with E-state index in [4.69, 9.17) is 4.74 Å². The number of imidazole rings is 1. The van der Waals surface area contributed by atoms with E-state index >= 15 is 4.39 Å². The summed E-state index contributed by atoms with van der Waals surface area (Å²) in [5, 5.41) is 18.9. The van der Waals surface area contributed by atoms with Crippen LogP contribution in [0, 0.1) is 5.82 Å². The summed E-state index contributed by atoms with van der Waals surface area (Å²) in [5.74, 6) is 0.0669. The first kappa shape index (κ1) is 31.3. The molecule has 1 saturated heterocycles. The number of morpholine rings is 1. The number of hydrogen-bond acceptors (Lipinski definition) is 8. The van der Waals surface area contributed by atoms with Crippen LogP contribution >= 0.6 is 0 Å². The Labute approximate surface area is 276 Å². The molecule has 48 heavy (non-hydrogen) atoms. The molecule has 2 aromatic heterocycles. The molecule has 0 aliphatic carbocycles. The minimum absolute atomic E-state index is 0.0303. The Morgan fingerprint density at radius 1 is 1.06 bits per heavy atom. The van der Waals surface area contributed by atoms with E-state index in [-0.39, 0.29) is 16.7 Å². The molecule has 3 aromatic carbocycles. The van der Waals surface area contributed by atoms with Crippen LogP contribution in [-0.2, 0) is 23.4 Å². The van der Waals surface area contributed by atoms with E-state index in [1.807, 2.05) is 60.8 Å². The monoisotopic (exact) mass is 649 g/mol. The molecule has 1 amide bonds. The van der Waals surface area contributed by atoms with Gasteiger partial charge in [0.15, 0.2) is 5.82 Å². The number of benzene rings is 3. The van der Waals surface area contributed by atoms with Crippen LogP contribution in [-0.4, -0.2) is 61.5 Å². The number of rotatable bonds is 6. The molecular weight excluding hydrogens is 613 g/mol. The van der Waals surface area contributed by atoms with Gasteiger partial charge < -0.3 is 29.5 Å². The highest BCUT2D eigenvalue weighted by molar-refractivity contribution is 5.95. The molecular formula is C36H36FN7O4. The van der Waals surface area contributed by atoms with Gasteiger partial charge in [0, 0.05) is 59.6 Å². The first-order valence-corrected chi connectivity index (χ1v) is 15.8. The zero-order valence-electron chi connectivity index (χ0n) is 27.0. The summed E-state index contributed by atoms with van der Waals surface area (Å²) in [6, 6.07) is 15.8. The van der Waals surface area contributed by atoms with Crippen LogP contribution in [0.5, 0.6) is 0 Å². The van der Waals surface area contributed by atoms with E-state index < -0.39 is 18.0 Å². The number of halogens is 1. The normalized spacial score (nSPS) is 15.0. The number of hydrogen-bond donors (Lipinski definition) is 2.